The van der Waals surface area contributed by atoms with Gasteiger partial charge in [0.15, 0.2) is 5.06 Å². The van der Waals surface area contributed by atoms with Crippen LogP contribution in [0, 0.1) is 11.3 Å². The van der Waals surface area contributed by atoms with Crippen molar-refractivity contribution < 1.29 is 14.6 Å². The quantitative estimate of drug-likeness (QED) is 0.818. The number of ether oxygens (including phenoxy) is 1. The maximum Gasteiger partial charge on any atom is 0.350 e. The number of carbonyl (C=O) groups is 1. The standard InChI is InChI=1S/C13H9NO3S2/c1-13(2)11(6(5-14)12(16)17-13)9-3-7-8(18-9)4-10(15)19-7/h3-4,15H,1-2H3. The summed E-state index contributed by atoms with van der Waals surface area (Å²) in [5, 5.41) is 18.8. The number of rotatable bonds is 1. The molecule has 2 aromatic rings. The Kier molecular flexibility index (Phi) is 2.46. The molecule has 19 heavy (non-hydrogen) atoms. The van der Waals surface area contributed by atoms with Gasteiger partial charge in [-0.15, -0.1) is 11.3 Å². The van der Waals surface area contributed by atoms with Gasteiger partial charge in [0.25, 0.3) is 0 Å². The van der Waals surface area contributed by atoms with Crippen molar-refractivity contribution in [2.24, 2.45) is 0 Å². The zero-order valence-electron chi connectivity index (χ0n) is 10.2. The minimum absolute atomic E-state index is 0.0723. The first-order chi connectivity index (χ1) is 8.92. The van der Waals surface area contributed by atoms with Crippen molar-refractivity contribution in [1.82, 2.24) is 0 Å². The molecule has 0 fully saturated rings. The third kappa shape index (κ3) is 1.74. The molecular formula is C13H9NO3S2. The lowest BCUT2D eigenvalue weighted by Gasteiger charge is -2.20. The third-order valence-corrected chi connectivity index (χ3v) is 5.07. The molecule has 0 saturated carbocycles. The summed E-state index contributed by atoms with van der Waals surface area (Å²) in [6.45, 7) is 3.55. The molecule has 4 nitrogen and oxygen atoms in total. The molecule has 3 heterocycles. The van der Waals surface area contributed by atoms with E-state index in [0.29, 0.717) is 5.57 Å². The van der Waals surface area contributed by atoms with Crippen molar-refractivity contribution in [3.05, 3.63) is 22.6 Å². The SMILES string of the molecule is CC1(C)OC(=O)C(C#N)=C1c1cc2sc(O)cc2s1. The third-order valence-electron chi connectivity index (χ3n) is 2.96. The summed E-state index contributed by atoms with van der Waals surface area (Å²) < 4.78 is 7.12. The molecule has 0 bridgehead atoms. The second-order valence-corrected chi connectivity index (χ2v) is 6.83. The second-order valence-electron chi connectivity index (χ2n) is 4.69. The fraction of sp³-hybridized carbons (Fsp3) is 0.231. The Morgan fingerprint density at radius 3 is 2.63 bits per heavy atom. The summed E-state index contributed by atoms with van der Waals surface area (Å²) in [5.41, 5.74) is -0.0898. The summed E-state index contributed by atoms with van der Waals surface area (Å²) in [7, 11) is 0. The summed E-state index contributed by atoms with van der Waals surface area (Å²) in [5.74, 6) is -0.567. The average Bonchev–Trinajstić information content (AvgIpc) is 2.86. The van der Waals surface area contributed by atoms with E-state index in [2.05, 4.69) is 0 Å². The molecule has 0 atom stereocenters. The molecule has 6 heteroatoms. The van der Waals surface area contributed by atoms with Crippen molar-refractivity contribution in [2.45, 2.75) is 19.4 Å². The summed E-state index contributed by atoms with van der Waals surface area (Å²) in [6, 6.07) is 5.51. The minimum atomic E-state index is -0.794. The molecule has 0 amide bonds. The van der Waals surface area contributed by atoms with E-state index in [4.69, 9.17) is 10.00 Å². The van der Waals surface area contributed by atoms with Crippen LogP contribution >= 0.6 is 22.7 Å². The lowest BCUT2D eigenvalue weighted by Crippen LogP contribution is -2.21. The largest absolute Gasteiger partial charge is 0.499 e. The molecule has 1 N–H and O–H groups in total. The molecule has 96 valence electrons. The van der Waals surface area contributed by atoms with Crippen LogP contribution in [0.2, 0.25) is 0 Å². The van der Waals surface area contributed by atoms with E-state index >= 15 is 0 Å². The highest BCUT2D eigenvalue weighted by atomic mass is 32.1. The number of nitriles is 1. The van der Waals surface area contributed by atoms with Gasteiger partial charge in [0.1, 0.15) is 17.2 Å². The topological polar surface area (TPSA) is 70.3 Å². The average molecular weight is 291 g/mol. The number of hydrogen-bond acceptors (Lipinski definition) is 6. The highest BCUT2D eigenvalue weighted by molar-refractivity contribution is 7.29. The Morgan fingerprint density at radius 1 is 1.32 bits per heavy atom. The Hall–Kier alpha value is -1.84. The zero-order chi connectivity index (χ0) is 13.8. The molecule has 2 aromatic heterocycles. The molecule has 0 unspecified atom stereocenters. The number of fused-ring (bicyclic) bond motifs is 1. The van der Waals surface area contributed by atoms with Crippen LogP contribution in [-0.4, -0.2) is 16.7 Å². The first-order valence-electron chi connectivity index (χ1n) is 5.53. The van der Waals surface area contributed by atoms with E-state index < -0.39 is 11.6 Å². The summed E-state index contributed by atoms with van der Waals surface area (Å²) in [6.07, 6.45) is 0. The highest BCUT2D eigenvalue weighted by Gasteiger charge is 2.42. The van der Waals surface area contributed by atoms with Gasteiger partial charge in [-0.05, 0) is 19.9 Å². The van der Waals surface area contributed by atoms with E-state index in [1.54, 1.807) is 19.9 Å². The number of hydrogen-bond donors (Lipinski definition) is 1. The van der Waals surface area contributed by atoms with E-state index in [9.17, 15) is 9.90 Å². The van der Waals surface area contributed by atoms with Crippen LogP contribution < -0.4 is 0 Å². The van der Waals surface area contributed by atoms with Gasteiger partial charge in [-0.3, -0.25) is 0 Å². The molecule has 1 aliphatic heterocycles. The number of nitrogens with zero attached hydrogens (tertiary/aromatic N) is 1. The number of aromatic hydroxyl groups is 1. The van der Waals surface area contributed by atoms with Gasteiger partial charge in [0.05, 0.1) is 0 Å². The molecule has 0 radical (unpaired) electrons. The summed E-state index contributed by atoms with van der Waals surface area (Å²) >= 11 is 2.72. The Bertz CT molecular complexity index is 742. The van der Waals surface area contributed by atoms with Crippen LogP contribution in [0.5, 0.6) is 5.06 Å². The summed E-state index contributed by atoms with van der Waals surface area (Å²) in [4.78, 5) is 12.5. The van der Waals surface area contributed by atoms with Gasteiger partial charge in [-0.2, -0.15) is 5.26 Å². The van der Waals surface area contributed by atoms with E-state index in [-0.39, 0.29) is 10.6 Å². The first-order valence-corrected chi connectivity index (χ1v) is 7.16. The zero-order valence-corrected chi connectivity index (χ0v) is 11.8. The second kappa shape index (κ2) is 3.83. The smallest absolute Gasteiger partial charge is 0.350 e. The monoisotopic (exact) mass is 291 g/mol. The normalized spacial score (nSPS) is 17.8. The fourth-order valence-corrected chi connectivity index (χ4v) is 4.54. The minimum Gasteiger partial charge on any atom is -0.499 e. The van der Waals surface area contributed by atoms with Crippen molar-refractivity contribution in [3.63, 3.8) is 0 Å². The lowest BCUT2D eigenvalue weighted by atomic mass is 9.95. The van der Waals surface area contributed by atoms with Crippen LogP contribution in [0.4, 0.5) is 0 Å². The first kappa shape index (κ1) is 12.2. The van der Waals surface area contributed by atoms with Gasteiger partial charge >= 0.3 is 5.97 Å². The molecule has 0 aromatic carbocycles. The predicted molar refractivity (Wildman–Crippen MR) is 74.1 cm³/mol. The van der Waals surface area contributed by atoms with Crippen LogP contribution in [0.15, 0.2) is 17.7 Å². The Balaban J connectivity index is 2.23. The van der Waals surface area contributed by atoms with E-state index in [1.165, 1.54) is 22.7 Å². The van der Waals surface area contributed by atoms with Crippen molar-refractivity contribution in [1.29, 1.82) is 5.26 Å². The van der Waals surface area contributed by atoms with Gasteiger partial charge in [-0.25, -0.2) is 4.79 Å². The Morgan fingerprint density at radius 2 is 2.00 bits per heavy atom. The van der Waals surface area contributed by atoms with Gasteiger partial charge in [-0.1, -0.05) is 11.3 Å². The van der Waals surface area contributed by atoms with Crippen molar-refractivity contribution >= 4 is 43.6 Å². The van der Waals surface area contributed by atoms with Crippen LogP contribution in [-0.2, 0) is 9.53 Å². The predicted octanol–water partition coefficient (Wildman–Crippen LogP) is 3.28. The van der Waals surface area contributed by atoms with Gasteiger partial charge in [0, 0.05) is 25.9 Å². The number of cyclic esters (lactones) is 1. The van der Waals surface area contributed by atoms with Crippen molar-refractivity contribution in [3.8, 4) is 11.1 Å². The number of thiophene rings is 2. The van der Waals surface area contributed by atoms with Crippen LogP contribution in [0.3, 0.4) is 0 Å². The molecule has 0 spiro atoms. The van der Waals surface area contributed by atoms with Gasteiger partial charge < -0.3 is 9.84 Å². The fourth-order valence-electron chi connectivity index (χ4n) is 2.20. The van der Waals surface area contributed by atoms with Crippen LogP contribution in [0.1, 0.15) is 18.7 Å². The van der Waals surface area contributed by atoms with E-state index in [1.807, 2.05) is 12.1 Å². The molecule has 3 rings (SSSR count). The maximum atomic E-state index is 11.7. The molecule has 1 aliphatic rings. The Labute approximate surface area is 117 Å². The lowest BCUT2D eigenvalue weighted by molar-refractivity contribution is -0.143. The number of carbonyl (C=O) groups excluding carboxylic acids is 1. The highest BCUT2D eigenvalue weighted by Crippen LogP contribution is 2.45. The van der Waals surface area contributed by atoms with Crippen molar-refractivity contribution in [2.75, 3.05) is 0 Å². The number of esters is 1. The van der Waals surface area contributed by atoms with Crippen LogP contribution in [0.25, 0.3) is 15.0 Å². The van der Waals surface area contributed by atoms with Gasteiger partial charge in [0.2, 0.25) is 0 Å². The maximum absolute atomic E-state index is 11.7. The van der Waals surface area contributed by atoms with E-state index in [0.717, 1.165) is 14.3 Å². The molecule has 0 saturated heterocycles. The molecule has 0 aliphatic carbocycles. The molecular weight excluding hydrogens is 282 g/mol.